The minimum atomic E-state index is -1.03. The van der Waals surface area contributed by atoms with E-state index < -0.39 is 5.97 Å². The fourth-order valence-electron chi connectivity index (χ4n) is 1.79. The lowest BCUT2D eigenvalue weighted by Crippen LogP contribution is -2.39. The summed E-state index contributed by atoms with van der Waals surface area (Å²) in [6.45, 7) is 0.0755. The molecular weight excluding hydrogens is 272 g/mol. The first-order valence-electron chi connectivity index (χ1n) is 6.33. The Morgan fingerprint density at radius 1 is 1.38 bits per heavy atom. The van der Waals surface area contributed by atoms with Gasteiger partial charge in [-0.25, -0.2) is 0 Å². The van der Waals surface area contributed by atoms with Crippen LogP contribution < -0.4 is 10.1 Å². The molecule has 1 amide bonds. The van der Waals surface area contributed by atoms with Crippen LogP contribution in [0.2, 0.25) is 0 Å². The van der Waals surface area contributed by atoms with Crippen molar-refractivity contribution in [3.8, 4) is 18.1 Å². The third-order valence-corrected chi connectivity index (χ3v) is 2.71. The lowest BCUT2D eigenvalue weighted by molar-refractivity contribution is -0.138. The maximum atomic E-state index is 11.8. The van der Waals surface area contributed by atoms with Gasteiger partial charge in [0.25, 0.3) is 0 Å². The molecule has 0 bridgehead atoms. The van der Waals surface area contributed by atoms with E-state index in [1.54, 1.807) is 13.2 Å². The average Bonchev–Trinajstić information content (AvgIpc) is 2.45. The summed E-state index contributed by atoms with van der Waals surface area (Å²) >= 11 is 0. The molecule has 0 aliphatic rings. The van der Waals surface area contributed by atoms with Crippen molar-refractivity contribution in [3.63, 3.8) is 0 Å². The molecule has 0 aliphatic carbocycles. The number of para-hydroxylation sites is 1. The van der Waals surface area contributed by atoms with E-state index in [0.29, 0.717) is 12.3 Å². The van der Waals surface area contributed by atoms with E-state index in [-0.39, 0.29) is 25.5 Å². The highest BCUT2D eigenvalue weighted by atomic mass is 16.5. The van der Waals surface area contributed by atoms with Gasteiger partial charge in [0, 0.05) is 12.1 Å². The van der Waals surface area contributed by atoms with E-state index in [1.807, 2.05) is 18.2 Å². The zero-order chi connectivity index (χ0) is 15.7. The number of rotatable bonds is 8. The monoisotopic (exact) mass is 290 g/mol. The number of carboxylic acid groups (broad SMARTS) is 1. The standard InChI is InChI=1S/C15H18N2O4/c1-3-8-17(11-15(19)20)10-14(18)16-9-12-6-4-5-7-13(12)21-2/h1,4-7H,8-11H2,2H3,(H,16,18)(H,19,20). The van der Waals surface area contributed by atoms with Crippen molar-refractivity contribution < 1.29 is 19.4 Å². The summed E-state index contributed by atoms with van der Waals surface area (Å²) in [6, 6.07) is 7.33. The van der Waals surface area contributed by atoms with Crippen LogP contribution >= 0.6 is 0 Å². The fourth-order valence-corrected chi connectivity index (χ4v) is 1.79. The summed E-state index contributed by atoms with van der Waals surface area (Å²) in [5.41, 5.74) is 0.843. The summed E-state index contributed by atoms with van der Waals surface area (Å²) in [5, 5.41) is 11.5. The van der Waals surface area contributed by atoms with Crippen LogP contribution in [0.3, 0.4) is 0 Å². The number of nitrogens with zero attached hydrogens (tertiary/aromatic N) is 1. The second-order valence-corrected chi connectivity index (χ2v) is 4.33. The van der Waals surface area contributed by atoms with Gasteiger partial charge >= 0.3 is 5.97 Å². The van der Waals surface area contributed by atoms with Crippen molar-refractivity contribution >= 4 is 11.9 Å². The van der Waals surface area contributed by atoms with Gasteiger partial charge in [0.15, 0.2) is 0 Å². The smallest absolute Gasteiger partial charge is 0.317 e. The van der Waals surface area contributed by atoms with Gasteiger partial charge in [0.2, 0.25) is 5.91 Å². The topological polar surface area (TPSA) is 78.9 Å². The van der Waals surface area contributed by atoms with Crippen molar-refractivity contribution in [2.45, 2.75) is 6.54 Å². The summed E-state index contributed by atoms with van der Waals surface area (Å²) < 4.78 is 5.18. The van der Waals surface area contributed by atoms with Gasteiger partial charge in [-0.3, -0.25) is 14.5 Å². The molecule has 1 aromatic carbocycles. The lowest BCUT2D eigenvalue weighted by atomic mass is 10.2. The number of carbonyl (C=O) groups excluding carboxylic acids is 1. The maximum absolute atomic E-state index is 11.8. The first-order valence-corrected chi connectivity index (χ1v) is 6.33. The summed E-state index contributed by atoms with van der Waals surface area (Å²) in [5.74, 6) is 1.70. The molecule has 0 radical (unpaired) electrons. The normalized spacial score (nSPS) is 9.95. The number of benzene rings is 1. The molecule has 0 aromatic heterocycles. The minimum Gasteiger partial charge on any atom is -0.496 e. The maximum Gasteiger partial charge on any atom is 0.317 e. The number of amides is 1. The van der Waals surface area contributed by atoms with Crippen molar-refractivity contribution in [2.24, 2.45) is 0 Å². The fraction of sp³-hybridized carbons (Fsp3) is 0.333. The Kier molecular flexibility index (Phi) is 6.78. The Morgan fingerprint density at radius 3 is 2.71 bits per heavy atom. The van der Waals surface area contributed by atoms with Gasteiger partial charge in [-0.05, 0) is 6.07 Å². The Hall–Kier alpha value is -2.52. The number of terminal acetylenes is 1. The van der Waals surface area contributed by atoms with E-state index >= 15 is 0 Å². The van der Waals surface area contributed by atoms with Crippen molar-refractivity contribution in [1.82, 2.24) is 10.2 Å². The second-order valence-electron chi connectivity index (χ2n) is 4.33. The second kappa shape index (κ2) is 8.61. The Bertz CT molecular complexity index is 537. The predicted octanol–water partition coefficient (Wildman–Crippen LogP) is 0.331. The van der Waals surface area contributed by atoms with E-state index in [9.17, 15) is 9.59 Å². The molecule has 0 unspecified atom stereocenters. The molecule has 0 saturated heterocycles. The third-order valence-electron chi connectivity index (χ3n) is 2.71. The van der Waals surface area contributed by atoms with Gasteiger partial charge < -0.3 is 15.2 Å². The Balaban J connectivity index is 2.52. The quantitative estimate of drug-likeness (QED) is 0.675. The van der Waals surface area contributed by atoms with Crippen LogP contribution in [0, 0.1) is 12.3 Å². The zero-order valence-corrected chi connectivity index (χ0v) is 11.8. The molecule has 0 heterocycles. The lowest BCUT2D eigenvalue weighted by Gasteiger charge is -2.17. The van der Waals surface area contributed by atoms with E-state index in [1.165, 1.54) is 4.90 Å². The Morgan fingerprint density at radius 2 is 2.10 bits per heavy atom. The number of nitrogens with one attached hydrogen (secondary N) is 1. The molecule has 1 rings (SSSR count). The summed E-state index contributed by atoms with van der Waals surface area (Å²) in [6.07, 6.45) is 5.15. The molecule has 6 nitrogen and oxygen atoms in total. The van der Waals surface area contributed by atoms with Crippen LogP contribution in [0.25, 0.3) is 0 Å². The SMILES string of the molecule is C#CCN(CC(=O)O)CC(=O)NCc1ccccc1OC. The number of hydrogen-bond donors (Lipinski definition) is 2. The van der Waals surface area contributed by atoms with Crippen molar-refractivity contribution in [3.05, 3.63) is 29.8 Å². The summed E-state index contributed by atoms with van der Waals surface area (Å²) in [4.78, 5) is 23.9. The molecule has 6 heteroatoms. The summed E-state index contributed by atoms with van der Waals surface area (Å²) in [7, 11) is 1.56. The van der Waals surface area contributed by atoms with Gasteiger partial charge in [-0.2, -0.15) is 0 Å². The number of carbonyl (C=O) groups is 2. The molecular formula is C15H18N2O4. The molecule has 0 atom stereocenters. The number of aliphatic carboxylic acids is 1. The van der Waals surface area contributed by atoms with Crippen molar-refractivity contribution in [1.29, 1.82) is 0 Å². The van der Waals surface area contributed by atoms with Crippen LogP contribution in [0.5, 0.6) is 5.75 Å². The van der Waals surface area contributed by atoms with Crippen LogP contribution in [-0.2, 0) is 16.1 Å². The van der Waals surface area contributed by atoms with Crippen LogP contribution in [0.1, 0.15) is 5.56 Å². The van der Waals surface area contributed by atoms with Gasteiger partial charge in [0.05, 0.1) is 26.7 Å². The van der Waals surface area contributed by atoms with Gasteiger partial charge in [-0.15, -0.1) is 6.42 Å². The number of methoxy groups -OCH3 is 1. The highest BCUT2D eigenvalue weighted by Gasteiger charge is 2.13. The first kappa shape index (κ1) is 16.5. The highest BCUT2D eigenvalue weighted by Crippen LogP contribution is 2.16. The molecule has 0 saturated carbocycles. The van der Waals surface area contributed by atoms with E-state index in [0.717, 1.165) is 5.56 Å². The van der Waals surface area contributed by atoms with E-state index in [4.69, 9.17) is 16.3 Å². The number of ether oxygens (including phenoxy) is 1. The molecule has 112 valence electrons. The zero-order valence-electron chi connectivity index (χ0n) is 11.8. The number of carboxylic acids is 1. The van der Waals surface area contributed by atoms with Crippen LogP contribution in [0.15, 0.2) is 24.3 Å². The highest BCUT2D eigenvalue weighted by molar-refractivity contribution is 5.79. The van der Waals surface area contributed by atoms with Crippen LogP contribution in [0.4, 0.5) is 0 Å². The molecule has 0 fully saturated rings. The van der Waals surface area contributed by atoms with Crippen LogP contribution in [-0.4, -0.2) is 48.6 Å². The Labute approximate surface area is 123 Å². The molecule has 0 aliphatic heterocycles. The largest absolute Gasteiger partial charge is 0.496 e. The molecule has 21 heavy (non-hydrogen) atoms. The third kappa shape index (κ3) is 5.97. The van der Waals surface area contributed by atoms with Gasteiger partial charge in [-0.1, -0.05) is 24.1 Å². The minimum absolute atomic E-state index is 0.0638. The van der Waals surface area contributed by atoms with Crippen molar-refractivity contribution in [2.75, 3.05) is 26.7 Å². The molecule has 0 spiro atoms. The number of hydrogen-bond acceptors (Lipinski definition) is 4. The predicted molar refractivity (Wildman–Crippen MR) is 77.7 cm³/mol. The first-order chi connectivity index (χ1) is 10.1. The van der Waals surface area contributed by atoms with E-state index in [2.05, 4.69) is 11.2 Å². The van der Waals surface area contributed by atoms with Gasteiger partial charge in [0.1, 0.15) is 5.75 Å². The molecule has 2 N–H and O–H groups in total. The molecule has 1 aromatic rings. The average molecular weight is 290 g/mol.